The average molecular weight is 378 g/mol. The van der Waals surface area contributed by atoms with Gasteiger partial charge in [-0.05, 0) is 38.8 Å². The Labute approximate surface area is 164 Å². The minimum absolute atomic E-state index is 0.165. The highest BCUT2D eigenvalue weighted by molar-refractivity contribution is 5.97. The minimum Gasteiger partial charge on any atom is -0.350 e. The lowest BCUT2D eigenvalue weighted by Gasteiger charge is -2.32. The molecule has 6 nitrogen and oxygen atoms in total. The molecule has 4 rings (SSSR count). The van der Waals surface area contributed by atoms with Crippen molar-refractivity contribution in [2.24, 2.45) is 7.05 Å². The lowest BCUT2D eigenvalue weighted by Crippen LogP contribution is -2.40. The van der Waals surface area contributed by atoms with Crippen LogP contribution in [0.1, 0.15) is 47.4 Å². The molecular formula is C22H26N4O2. The van der Waals surface area contributed by atoms with Gasteiger partial charge in [-0.15, -0.1) is 0 Å². The molecule has 0 aliphatic carbocycles. The van der Waals surface area contributed by atoms with E-state index in [4.69, 9.17) is 0 Å². The molecule has 1 amide bonds. The number of likely N-dealkylation sites (tertiary alicyclic amines) is 1. The van der Waals surface area contributed by atoms with E-state index in [0.29, 0.717) is 24.4 Å². The molecule has 0 radical (unpaired) electrons. The molecule has 1 saturated heterocycles. The molecule has 1 aromatic carbocycles. The van der Waals surface area contributed by atoms with Gasteiger partial charge in [-0.25, -0.2) is 4.98 Å². The van der Waals surface area contributed by atoms with Crippen LogP contribution in [-0.2, 0) is 13.6 Å². The largest absolute Gasteiger partial charge is 0.350 e. The van der Waals surface area contributed by atoms with E-state index in [1.54, 1.807) is 6.20 Å². The number of fused-ring (bicyclic) bond motifs is 1. The van der Waals surface area contributed by atoms with Crippen molar-refractivity contribution >= 4 is 16.8 Å². The molecule has 0 N–H and O–H groups in total. The summed E-state index contributed by atoms with van der Waals surface area (Å²) in [6.07, 6.45) is 7.27. The van der Waals surface area contributed by atoms with E-state index in [-0.39, 0.29) is 16.9 Å². The number of amides is 1. The maximum atomic E-state index is 13.1. The summed E-state index contributed by atoms with van der Waals surface area (Å²) < 4.78 is 4.04. The topological polar surface area (TPSA) is 60.1 Å². The van der Waals surface area contributed by atoms with Crippen LogP contribution in [0.25, 0.3) is 10.9 Å². The van der Waals surface area contributed by atoms with Crippen molar-refractivity contribution in [2.45, 2.75) is 39.2 Å². The zero-order valence-corrected chi connectivity index (χ0v) is 16.7. The highest BCUT2D eigenvalue weighted by atomic mass is 16.2. The summed E-state index contributed by atoms with van der Waals surface area (Å²) in [5.74, 6) is 1.30. The number of rotatable bonds is 3. The van der Waals surface area contributed by atoms with Crippen LogP contribution in [0.5, 0.6) is 0 Å². The summed E-state index contributed by atoms with van der Waals surface area (Å²) >= 11 is 0. The van der Waals surface area contributed by atoms with Crippen molar-refractivity contribution in [1.29, 1.82) is 0 Å². The number of hydrogen-bond donors (Lipinski definition) is 0. The Morgan fingerprint density at radius 2 is 2.00 bits per heavy atom. The summed E-state index contributed by atoms with van der Waals surface area (Å²) in [4.78, 5) is 32.4. The molecule has 28 heavy (non-hydrogen) atoms. The lowest BCUT2D eigenvalue weighted by atomic mass is 9.95. The van der Waals surface area contributed by atoms with Crippen molar-refractivity contribution in [2.75, 3.05) is 13.1 Å². The average Bonchev–Trinajstić information content (AvgIpc) is 3.19. The molecule has 0 unspecified atom stereocenters. The molecular weight excluding hydrogens is 352 g/mol. The van der Waals surface area contributed by atoms with Gasteiger partial charge in [0, 0.05) is 56.6 Å². The summed E-state index contributed by atoms with van der Waals surface area (Å²) in [6, 6.07) is 5.78. The van der Waals surface area contributed by atoms with E-state index in [9.17, 15) is 9.59 Å². The van der Waals surface area contributed by atoms with Gasteiger partial charge in [0.15, 0.2) is 0 Å². The van der Waals surface area contributed by atoms with E-state index in [2.05, 4.69) is 16.5 Å². The smallest absolute Gasteiger partial charge is 0.259 e. The fraction of sp³-hybridized carbons (Fsp3) is 0.409. The van der Waals surface area contributed by atoms with Gasteiger partial charge in [0.1, 0.15) is 11.4 Å². The minimum atomic E-state index is -0.176. The number of carbonyl (C=O) groups excluding carboxylic acids is 1. The molecule has 1 aliphatic rings. The molecule has 0 bridgehead atoms. The Hall–Kier alpha value is -2.89. The number of imidazole rings is 1. The molecule has 2 aromatic heterocycles. The van der Waals surface area contributed by atoms with Crippen molar-refractivity contribution < 1.29 is 4.79 Å². The Kier molecular flexibility index (Phi) is 4.79. The number of pyridine rings is 1. The molecule has 146 valence electrons. The van der Waals surface area contributed by atoms with Crippen LogP contribution in [0.4, 0.5) is 0 Å². The van der Waals surface area contributed by atoms with Crippen molar-refractivity contribution in [3.63, 3.8) is 0 Å². The van der Waals surface area contributed by atoms with E-state index < -0.39 is 0 Å². The Bertz CT molecular complexity index is 1090. The van der Waals surface area contributed by atoms with Crippen molar-refractivity contribution in [3.05, 3.63) is 64.0 Å². The number of hydrogen-bond acceptors (Lipinski definition) is 3. The second kappa shape index (κ2) is 7.26. The van der Waals surface area contributed by atoms with Crippen LogP contribution < -0.4 is 5.43 Å². The standard InChI is InChI=1S/C22H26N4O2/c1-4-25-12-9-23-21(25)16-7-10-26(11-8-16)22(28)18-14-24(3)19-6-5-15(2)13-17(19)20(18)27/h5-6,9,12-14,16H,4,7-8,10-11H2,1-3H3. The quantitative estimate of drug-likeness (QED) is 0.704. The Morgan fingerprint density at radius 3 is 2.71 bits per heavy atom. The normalized spacial score (nSPS) is 15.3. The highest BCUT2D eigenvalue weighted by Gasteiger charge is 2.28. The third-order valence-electron chi connectivity index (χ3n) is 5.81. The van der Waals surface area contributed by atoms with Crippen LogP contribution >= 0.6 is 0 Å². The van der Waals surface area contributed by atoms with Gasteiger partial charge in [0.05, 0.1) is 5.52 Å². The summed E-state index contributed by atoms with van der Waals surface area (Å²) in [5, 5.41) is 0.605. The number of piperidine rings is 1. The maximum absolute atomic E-state index is 13.1. The second-order valence-electron chi connectivity index (χ2n) is 7.64. The first kappa shape index (κ1) is 18.5. The predicted octanol–water partition coefficient (Wildman–Crippen LogP) is 3.08. The van der Waals surface area contributed by atoms with Gasteiger partial charge >= 0.3 is 0 Å². The number of benzene rings is 1. The Morgan fingerprint density at radius 1 is 1.25 bits per heavy atom. The summed E-state index contributed by atoms with van der Waals surface area (Å²) in [7, 11) is 1.88. The van der Waals surface area contributed by atoms with Crippen LogP contribution in [-0.4, -0.2) is 38.0 Å². The summed E-state index contributed by atoms with van der Waals surface area (Å²) in [5.41, 5.74) is 1.94. The number of nitrogens with zero attached hydrogens (tertiary/aromatic N) is 4. The van der Waals surface area contributed by atoms with E-state index in [1.165, 1.54) is 0 Å². The van der Waals surface area contributed by atoms with Gasteiger partial charge in [0.25, 0.3) is 5.91 Å². The van der Waals surface area contributed by atoms with Gasteiger partial charge in [-0.2, -0.15) is 0 Å². The summed E-state index contributed by atoms with van der Waals surface area (Å²) in [6.45, 7) is 6.27. The van der Waals surface area contributed by atoms with E-state index in [0.717, 1.165) is 36.3 Å². The zero-order valence-electron chi connectivity index (χ0n) is 16.7. The monoisotopic (exact) mass is 378 g/mol. The predicted molar refractivity (Wildman–Crippen MR) is 110 cm³/mol. The van der Waals surface area contributed by atoms with Crippen LogP contribution in [0.15, 0.2) is 41.6 Å². The van der Waals surface area contributed by atoms with Crippen LogP contribution in [0.3, 0.4) is 0 Å². The zero-order chi connectivity index (χ0) is 19.8. The van der Waals surface area contributed by atoms with E-state index >= 15 is 0 Å². The van der Waals surface area contributed by atoms with Gasteiger partial charge in [-0.1, -0.05) is 11.6 Å². The van der Waals surface area contributed by atoms with Crippen molar-refractivity contribution in [1.82, 2.24) is 19.0 Å². The molecule has 3 aromatic rings. The molecule has 1 fully saturated rings. The first-order valence-electron chi connectivity index (χ1n) is 9.90. The molecule has 0 atom stereocenters. The molecule has 6 heteroatoms. The van der Waals surface area contributed by atoms with Gasteiger partial charge in [0.2, 0.25) is 5.43 Å². The lowest BCUT2D eigenvalue weighted by molar-refractivity contribution is 0.0708. The fourth-order valence-electron chi connectivity index (χ4n) is 4.22. The van der Waals surface area contributed by atoms with Gasteiger partial charge < -0.3 is 14.0 Å². The number of aromatic nitrogens is 3. The highest BCUT2D eigenvalue weighted by Crippen LogP contribution is 2.27. The van der Waals surface area contributed by atoms with Gasteiger partial charge in [-0.3, -0.25) is 9.59 Å². The molecule has 0 saturated carbocycles. The molecule has 3 heterocycles. The fourth-order valence-corrected chi connectivity index (χ4v) is 4.22. The molecule has 1 aliphatic heterocycles. The Balaban J connectivity index is 1.58. The van der Waals surface area contributed by atoms with Crippen LogP contribution in [0, 0.1) is 6.92 Å². The third kappa shape index (κ3) is 3.13. The first-order chi connectivity index (χ1) is 13.5. The van der Waals surface area contributed by atoms with Crippen LogP contribution in [0.2, 0.25) is 0 Å². The van der Waals surface area contributed by atoms with E-state index in [1.807, 2.05) is 54.0 Å². The second-order valence-corrected chi connectivity index (χ2v) is 7.64. The molecule has 0 spiro atoms. The third-order valence-corrected chi connectivity index (χ3v) is 5.81. The first-order valence-corrected chi connectivity index (χ1v) is 9.90. The number of carbonyl (C=O) groups is 1. The number of aryl methyl sites for hydroxylation is 3. The SMILES string of the molecule is CCn1ccnc1C1CCN(C(=O)c2cn(C)c3ccc(C)cc3c2=O)CC1. The maximum Gasteiger partial charge on any atom is 0.259 e. The van der Waals surface area contributed by atoms with Crippen molar-refractivity contribution in [3.8, 4) is 0 Å².